The molecule has 1 N–H and O–H groups in total. The Labute approximate surface area is 112 Å². The largest absolute Gasteiger partial charge is 0.316 e. The minimum absolute atomic E-state index is 0.603. The summed E-state index contributed by atoms with van der Waals surface area (Å²) in [7, 11) is 0. The van der Waals surface area contributed by atoms with Crippen molar-refractivity contribution in [2.24, 2.45) is 0 Å². The number of benzene rings is 1. The standard InChI is InChI=1S/C14H16ClN3/c1-10-14(11-6-7-16-8-11)9-17-18(10)13-4-2-12(15)3-5-13/h2-5,9,11,16H,6-8H2,1H3. The highest BCUT2D eigenvalue weighted by atomic mass is 35.5. The van der Waals surface area contributed by atoms with Gasteiger partial charge in [0.2, 0.25) is 0 Å². The minimum Gasteiger partial charge on any atom is -0.316 e. The second-order valence-corrected chi connectivity index (χ2v) is 5.20. The molecule has 1 atom stereocenters. The Hall–Kier alpha value is -1.32. The zero-order chi connectivity index (χ0) is 12.5. The van der Waals surface area contributed by atoms with Crippen molar-refractivity contribution in [1.29, 1.82) is 0 Å². The van der Waals surface area contributed by atoms with Crippen LogP contribution in [0.15, 0.2) is 30.5 Å². The van der Waals surface area contributed by atoms with Crippen LogP contribution in [0.5, 0.6) is 0 Å². The average molecular weight is 262 g/mol. The van der Waals surface area contributed by atoms with E-state index < -0.39 is 0 Å². The Morgan fingerprint density at radius 2 is 2.11 bits per heavy atom. The van der Waals surface area contributed by atoms with Crippen LogP contribution in [-0.2, 0) is 0 Å². The van der Waals surface area contributed by atoms with Gasteiger partial charge in [0.15, 0.2) is 0 Å². The maximum absolute atomic E-state index is 5.91. The Balaban J connectivity index is 1.96. The third-order valence-corrected chi connectivity index (χ3v) is 3.87. The molecule has 2 heterocycles. The quantitative estimate of drug-likeness (QED) is 0.901. The highest BCUT2D eigenvalue weighted by Crippen LogP contribution is 2.26. The van der Waals surface area contributed by atoms with Crippen LogP contribution in [0.1, 0.15) is 23.6 Å². The molecule has 3 rings (SSSR count). The SMILES string of the molecule is Cc1c(C2CCNC2)cnn1-c1ccc(Cl)cc1. The number of aromatic nitrogens is 2. The van der Waals surface area contributed by atoms with E-state index in [1.165, 1.54) is 17.7 Å². The Morgan fingerprint density at radius 3 is 2.78 bits per heavy atom. The van der Waals surface area contributed by atoms with E-state index in [0.717, 1.165) is 23.8 Å². The lowest BCUT2D eigenvalue weighted by molar-refractivity contribution is 0.752. The van der Waals surface area contributed by atoms with Crippen molar-refractivity contribution in [3.63, 3.8) is 0 Å². The van der Waals surface area contributed by atoms with Gasteiger partial charge in [0.1, 0.15) is 0 Å². The molecule has 4 heteroatoms. The number of hydrogen-bond donors (Lipinski definition) is 1. The maximum Gasteiger partial charge on any atom is 0.0649 e. The summed E-state index contributed by atoms with van der Waals surface area (Å²) in [6, 6.07) is 7.79. The zero-order valence-electron chi connectivity index (χ0n) is 10.4. The van der Waals surface area contributed by atoms with Crippen molar-refractivity contribution in [2.75, 3.05) is 13.1 Å². The summed E-state index contributed by atoms with van der Waals surface area (Å²) in [6.07, 6.45) is 3.20. The molecule has 0 saturated carbocycles. The second kappa shape index (κ2) is 4.75. The van der Waals surface area contributed by atoms with Crippen molar-refractivity contribution in [2.45, 2.75) is 19.3 Å². The van der Waals surface area contributed by atoms with Crippen molar-refractivity contribution in [1.82, 2.24) is 15.1 Å². The Kier molecular flexibility index (Phi) is 3.10. The van der Waals surface area contributed by atoms with E-state index >= 15 is 0 Å². The van der Waals surface area contributed by atoms with Gasteiger partial charge in [-0.05, 0) is 49.7 Å². The lowest BCUT2D eigenvalue weighted by Gasteiger charge is -2.09. The molecular formula is C14H16ClN3. The molecule has 0 spiro atoms. The van der Waals surface area contributed by atoms with Gasteiger partial charge in [0.05, 0.1) is 11.9 Å². The monoisotopic (exact) mass is 261 g/mol. The topological polar surface area (TPSA) is 29.9 Å². The van der Waals surface area contributed by atoms with Gasteiger partial charge in [0, 0.05) is 23.2 Å². The minimum atomic E-state index is 0.603. The van der Waals surface area contributed by atoms with Crippen LogP contribution in [0.3, 0.4) is 0 Å². The fourth-order valence-electron chi connectivity index (χ4n) is 2.59. The lowest BCUT2D eigenvalue weighted by Crippen LogP contribution is -2.08. The first kappa shape index (κ1) is 11.8. The van der Waals surface area contributed by atoms with Crippen molar-refractivity contribution in [3.05, 3.63) is 46.7 Å². The molecule has 1 aromatic carbocycles. The van der Waals surface area contributed by atoms with Crippen molar-refractivity contribution in [3.8, 4) is 5.69 Å². The maximum atomic E-state index is 5.91. The van der Waals surface area contributed by atoms with Crippen LogP contribution < -0.4 is 5.32 Å². The summed E-state index contributed by atoms with van der Waals surface area (Å²) in [4.78, 5) is 0. The number of nitrogens with one attached hydrogen (secondary N) is 1. The van der Waals surface area contributed by atoms with Crippen molar-refractivity contribution >= 4 is 11.6 Å². The summed E-state index contributed by atoms with van der Waals surface area (Å²) < 4.78 is 1.99. The predicted molar refractivity (Wildman–Crippen MR) is 73.5 cm³/mol. The first-order valence-corrected chi connectivity index (χ1v) is 6.64. The zero-order valence-corrected chi connectivity index (χ0v) is 11.1. The van der Waals surface area contributed by atoms with E-state index in [-0.39, 0.29) is 0 Å². The molecule has 0 amide bonds. The van der Waals surface area contributed by atoms with Gasteiger partial charge in [-0.1, -0.05) is 11.6 Å². The summed E-state index contributed by atoms with van der Waals surface area (Å²) in [5.41, 5.74) is 3.65. The number of rotatable bonds is 2. The number of hydrogen-bond acceptors (Lipinski definition) is 2. The van der Waals surface area contributed by atoms with Crippen molar-refractivity contribution < 1.29 is 0 Å². The van der Waals surface area contributed by atoms with Crippen LogP contribution in [0.25, 0.3) is 5.69 Å². The fraction of sp³-hybridized carbons (Fsp3) is 0.357. The van der Waals surface area contributed by atoms with Gasteiger partial charge >= 0.3 is 0 Å². The molecule has 1 saturated heterocycles. The third-order valence-electron chi connectivity index (χ3n) is 3.62. The van der Waals surface area contributed by atoms with E-state index in [4.69, 9.17) is 11.6 Å². The summed E-state index contributed by atoms with van der Waals surface area (Å²) in [5, 5.41) is 8.66. The average Bonchev–Trinajstić information content (AvgIpc) is 2.99. The highest BCUT2D eigenvalue weighted by molar-refractivity contribution is 6.30. The number of halogens is 1. The van der Waals surface area contributed by atoms with Gasteiger partial charge < -0.3 is 5.32 Å². The van der Waals surface area contributed by atoms with Crippen LogP contribution >= 0.6 is 11.6 Å². The molecule has 1 fully saturated rings. The highest BCUT2D eigenvalue weighted by Gasteiger charge is 2.21. The Morgan fingerprint density at radius 1 is 1.33 bits per heavy atom. The summed E-state index contributed by atoms with van der Waals surface area (Å²) in [5.74, 6) is 0.603. The van der Waals surface area contributed by atoms with E-state index in [1.54, 1.807) is 0 Å². The molecule has 0 aliphatic carbocycles. The predicted octanol–water partition coefficient (Wildman–Crippen LogP) is 2.91. The van der Waals surface area contributed by atoms with Crippen LogP contribution in [-0.4, -0.2) is 22.9 Å². The van der Waals surface area contributed by atoms with E-state index in [1.807, 2.05) is 35.1 Å². The first-order valence-electron chi connectivity index (χ1n) is 6.27. The van der Waals surface area contributed by atoms with Gasteiger partial charge in [-0.25, -0.2) is 4.68 Å². The lowest BCUT2D eigenvalue weighted by atomic mass is 9.99. The van der Waals surface area contributed by atoms with E-state index in [0.29, 0.717) is 5.92 Å². The molecule has 0 bridgehead atoms. The molecule has 1 aliphatic rings. The van der Waals surface area contributed by atoms with Gasteiger partial charge in [-0.15, -0.1) is 0 Å². The Bertz CT molecular complexity index is 539. The molecule has 94 valence electrons. The van der Waals surface area contributed by atoms with Crippen LogP contribution in [0, 0.1) is 6.92 Å². The molecule has 1 unspecified atom stereocenters. The number of nitrogens with zero attached hydrogens (tertiary/aromatic N) is 2. The smallest absolute Gasteiger partial charge is 0.0649 e. The normalized spacial score (nSPS) is 19.3. The summed E-state index contributed by atoms with van der Waals surface area (Å²) >= 11 is 5.91. The van der Waals surface area contributed by atoms with Gasteiger partial charge in [-0.2, -0.15) is 5.10 Å². The molecular weight excluding hydrogens is 246 g/mol. The van der Waals surface area contributed by atoms with Crippen LogP contribution in [0.4, 0.5) is 0 Å². The molecule has 0 radical (unpaired) electrons. The van der Waals surface area contributed by atoms with Gasteiger partial charge in [0.25, 0.3) is 0 Å². The van der Waals surface area contributed by atoms with E-state index in [2.05, 4.69) is 17.3 Å². The third kappa shape index (κ3) is 2.04. The molecule has 2 aromatic rings. The van der Waals surface area contributed by atoms with Crippen LogP contribution in [0.2, 0.25) is 5.02 Å². The molecule has 3 nitrogen and oxygen atoms in total. The first-order chi connectivity index (χ1) is 8.75. The van der Waals surface area contributed by atoms with Gasteiger partial charge in [-0.3, -0.25) is 0 Å². The summed E-state index contributed by atoms with van der Waals surface area (Å²) in [6.45, 7) is 4.30. The second-order valence-electron chi connectivity index (χ2n) is 4.76. The fourth-order valence-corrected chi connectivity index (χ4v) is 2.71. The molecule has 18 heavy (non-hydrogen) atoms. The molecule has 1 aliphatic heterocycles. The molecule has 1 aromatic heterocycles. The van der Waals surface area contributed by atoms with E-state index in [9.17, 15) is 0 Å².